The SMILES string of the molecule is CC(COc1ccccc1)N1CCC(CCC(=O)Nc2ccc3c(c2)OCCO3)CC1. The van der Waals surface area contributed by atoms with E-state index >= 15 is 0 Å². The maximum Gasteiger partial charge on any atom is 0.224 e. The Morgan fingerprint density at radius 3 is 2.61 bits per heavy atom. The van der Waals surface area contributed by atoms with Crippen LogP contribution in [0.3, 0.4) is 0 Å². The molecule has 4 rings (SSSR count). The molecule has 2 aromatic rings. The van der Waals surface area contributed by atoms with E-state index in [2.05, 4.69) is 17.1 Å². The van der Waals surface area contributed by atoms with Crippen LogP contribution in [0.2, 0.25) is 0 Å². The van der Waals surface area contributed by atoms with Gasteiger partial charge in [-0.05, 0) is 69.5 Å². The molecule has 0 bridgehead atoms. The predicted octanol–water partition coefficient (Wildman–Crippen LogP) is 4.36. The standard InChI is InChI=1S/C25H32N2O4/c1-19(18-31-22-5-3-2-4-6-22)27-13-11-20(12-14-27)7-10-25(28)26-21-8-9-23-24(17-21)30-16-15-29-23/h2-6,8-9,17,19-20H,7,10-16,18H2,1H3,(H,26,28). The van der Waals surface area contributed by atoms with Crippen molar-refractivity contribution in [2.75, 3.05) is 38.2 Å². The van der Waals surface area contributed by atoms with Crippen LogP contribution in [0.15, 0.2) is 48.5 Å². The maximum absolute atomic E-state index is 12.4. The topological polar surface area (TPSA) is 60.0 Å². The van der Waals surface area contributed by atoms with Crippen molar-refractivity contribution in [3.63, 3.8) is 0 Å². The average molecular weight is 425 g/mol. The number of piperidine rings is 1. The zero-order valence-electron chi connectivity index (χ0n) is 18.2. The summed E-state index contributed by atoms with van der Waals surface area (Å²) in [7, 11) is 0. The molecular weight excluding hydrogens is 392 g/mol. The number of rotatable bonds is 8. The monoisotopic (exact) mass is 424 g/mol. The first kappa shape index (κ1) is 21.5. The molecule has 1 atom stereocenters. The van der Waals surface area contributed by atoms with E-state index < -0.39 is 0 Å². The summed E-state index contributed by atoms with van der Waals surface area (Å²) < 4.78 is 17.0. The van der Waals surface area contributed by atoms with Crippen LogP contribution in [-0.4, -0.2) is 49.8 Å². The van der Waals surface area contributed by atoms with Crippen LogP contribution in [-0.2, 0) is 4.79 Å². The van der Waals surface area contributed by atoms with Gasteiger partial charge in [-0.25, -0.2) is 0 Å². The molecule has 0 spiro atoms. The van der Waals surface area contributed by atoms with Crippen molar-refractivity contribution in [2.45, 2.75) is 38.6 Å². The van der Waals surface area contributed by atoms with E-state index in [0.717, 1.165) is 49.5 Å². The number of hydrogen-bond acceptors (Lipinski definition) is 5. The van der Waals surface area contributed by atoms with Crippen LogP contribution in [0.5, 0.6) is 17.2 Å². The minimum atomic E-state index is 0.0590. The van der Waals surface area contributed by atoms with E-state index in [0.29, 0.717) is 44.0 Å². The van der Waals surface area contributed by atoms with Crippen molar-refractivity contribution >= 4 is 11.6 Å². The molecule has 0 radical (unpaired) electrons. The normalized spacial score (nSPS) is 17.7. The molecule has 2 aliphatic rings. The van der Waals surface area contributed by atoms with E-state index in [1.165, 1.54) is 0 Å². The van der Waals surface area contributed by atoms with E-state index in [4.69, 9.17) is 14.2 Å². The summed E-state index contributed by atoms with van der Waals surface area (Å²) in [4.78, 5) is 14.9. The van der Waals surface area contributed by atoms with Gasteiger partial charge in [-0.1, -0.05) is 18.2 Å². The number of likely N-dealkylation sites (tertiary alicyclic amines) is 1. The van der Waals surface area contributed by atoms with Crippen molar-refractivity contribution in [1.29, 1.82) is 0 Å². The minimum absolute atomic E-state index is 0.0590. The smallest absolute Gasteiger partial charge is 0.224 e. The Balaban J connectivity index is 1.15. The van der Waals surface area contributed by atoms with Gasteiger partial charge in [0.1, 0.15) is 25.6 Å². The van der Waals surface area contributed by atoms with E-state index in [1.807, 2.05) is 48.5 Å². The van der Waals surface area contributed by atoms with Gasteiger partial charge in [0, 0.05) is 24.2 Å². The lowest BCUT2D eigenvalue weighted by Gasteiger charge is -2.35. The lowest BCUT2D eigenvalue weighted by atomic mass is 9.91. The van der Waals surface area contributed by atoms with Gasteiger partial charge in [-0.2, -0.15) is 0 Å². The molecule has 1 unspecified atom stereocenters. The summed E-state index contributed by atoms with van der Waals surface area (Å²) in [5.74, 6) is 3.02. The minimum Gasteiger partial charge on any atom is -0.492 e. The van der Waals surface area contributed by atoms with Gasteiger partial charge in [0.2, 0.25) is 5.91 Å². The van der Waals surface area contributed by atoms with Crippen LogP contribution in [0, 0.1) is 5.92 Å². The fourth-order valence-electron chi connectivity index (χ4n) is 4.20. The van der Waals surface area contributed by atoms with E-state index in [9.17, 15) is 4.79 Å². The van der Waals surface area contributed by atoms with Gasteiger partial charge >= 0.3 is 0 Å². The quantitative estimate of drug-likeness (QED) is 0.682. The van der Waals surface area contributed by atoms with Gasteiger partial charge < -0.3 is 19.5 Å². The molecule has 1 N–H and O–H groups in total. The third kappa shape index (κ3) is 6.14. The Hall–Kier alpha value is -2.73. The number of nitrogens with zero attached hydrogens (tertiary/aromatic N) is 1. The van der Waals surface area contributed by atoms with E-state index in [-0.39, 0.29) is 5.91 Å². The number of hydrogen-bond donors (Lipinski definition) is 1. The van der Waals surface area contributed by atoms with Gasteiger partial charge in [-0.15, -0.1) is 0 Å². The maximum atomic E-state index is 12.4. The van der Waals surface area contributed by atoms with Gasteiger partial charge in [0.05, 0.1) is 0 Å². The molecule has 2 aliphatic heterocycles. The lowest BCUT2D eigenvalue weighted by molar-refractivity contribution is -0.116. The number of carbonyl (C=O) groups is 1. The molecule has 166 valence electrons. The first-order valence-electron chi connectivity index (χ1n) is 11.3. The number of anilines is 1. The lowest BCUT2D eigenvalue weighted by Crippen LogP contribution is -2.42. The summed E-state index contributed by atoms with van der Waals surface area (Å²) >= 11 is 0. The molecule has 2 heterocycles. The number of ether oxygens (including phenoxy) is 3. The Morgan fingerprint density at radius 1 is 1.10 bits per heavy atom. The summed E-state index contributed by atoms with van der Waals surface area (Å²) in [6.07, 6.45) is 3.74. The van der Waals surface area contributed by atoms with Crippen molar-refractivity contribution in [3.05, 3.63) is 48.5 Å². The number of nitrogens with one attached hydrogen (secondary N) is 1. The molecule has 1 amide bonds. The van der Waals surface area contributed by atoms with Gasteiger partial charge in [-0.3, -0.25) is 9.69 Å². The van der Waals surface area contributed by atoms with Crippen LogP contribution in [0.4, 0.5) is 5.69 Å². The molecule has 1 fully saturated rings. The van der Waals surface area contributed by atoms with Crippen LogP contribution < -0.4 is 19.5 Å². The molecule has 31 heavy (non-hydrogen) atoms. The number of amides is 1. The van der Waals surface area contributed by atoms with Gasteiger partial charge in [0.15, 0.2) is 11.5 Å². The molecule has 6 heteroatoms. The fourth-order valence-corrected chi connectivity index (χ4v) is 4.20. The van der Waals surface area contributed by atoms with E-state index in [1.54, 1.807) is 0 Å². The molecular formula is C25H32N2O4. The number of benzene rings is 2. The van der Waals surface area contributed by atoms with Crippen molar-refractivity contribution in [2.24, 2.45) is 5.92 Å². The summed E-state index contributed by atoms with van der Waals surface area (Å²) in [5, 5.41) is 2.99. The highest BCUT2D eigenvalue weighted by Crippen LogP contribution is 2.32. The second-order valence-corrected chi connectivity index (χ2v) is 8.40. The predicted molar refractivity (Wildman–Crippen MR) is 121 cm³/mol. The Morgan fingerprint density at radius 2 is 1.84 bits per heavy atom. The highest BCUT2D eigenvalue weighted by Gasteiger charge is 2.23. The number of carbonyl (C=O) groups excluding carboxylic acids is 1. The Bertz CT molecular complexity index is 850. The summed E-state index contributed by atoms with van der Waals surface area (Å²) in [6, 6.07) is 15.9. The third-order valence-corrected chi connectivity index (χ3v) is 6.11. The first-order valence-corrected chi connectivity index (χ1v) is 11.3. The molecule has 0 aliphatic carbocycles. The second kappa shape index (κ2) is 10.5. The highest BCUT2D eigenvalue weighted by atomic mass is 16.6. The molecule has 1 saturated heterocycles. The number of fused-ring (bicyclic) bond motifs is 1. The summed E-state index contributed by atoms with van der Waals surface area (Å²) in [5.41, 5.74) is 0.760. The summed E-state index contributed by atoms with van der Waals surface area (Å²) in [6.45, 7) is 6.16. The van der Waals surface area contributed by atoms with Gasteiger partial charge in [0.25, 0.3) is 0 Å². The van der Waals surface area contributed by atoms with Crippen LogP contribution in [0.1, 0.15) is 32.6 Å². The molecule has 0 aromatic heterocycles. The zero-order chi connectivity index (χ0) is 21.5. The van der Waals surface area contributed by atoms with Crippen molar-refractivity contribution < 1.29 is 19.0 Å². The fraction of sp³-hybridized carbons (Fsp3) is 0.480. The highest BCUT2D eigenvalue weighted by molar-refractivity contribution is 5.91. The molecule has 6 nitrogen and oxygen atoms in total. The second-order valence-electron chi connectivity index (χ2n) is 8.40. The zero-order valence-corrected chi connectivity index (χ0v) is 18.2. The average Bonchev–Trinajstić information content (AvgIpc) is 2.82. The van der Waals surface area contributed by atoms with Crippen molar-refractivity contribution in [3.8, 4) is 17.2 Å². The van der Waals surface area contributed by atoms with Crippen LogP contribution >= 0.6 is 0 Å². The third-order valence-electron chi connectivity index (χ3n) is 6.11. The largest absolute Gasteiger partial charge is 0.492 e. The van der Waals surface area contributed by atoms with Crippen molar-refractivity contribution in [1.82, 2.24) is 4.90 Å². The first-order chi connectivity index (χ1) is 15.2. The number of para-hydroxylation sites is 1. The molecule has 0 saturated carbocycles. The Kier molecular flexibility index (Phi) is 7.30. The Labute approximate surface area is 184 Å². The molecule has 2 aromatic carbocycles. The van der Waals surface area contributed by atoms with Crippen LogP contribution in [0.25, 0.3) is 0 Å².